The molecule has 258 valence electrons. The molecule has 4 aromatic rings. The molecule has 9 heteroatoms. The highest BCUT2D eigenvalue weighted by Crippen LogP contribution is 2.24. The average Bonchev–Trinajstić information content (AvgIpc) is 3.12. The van der Waals surface area contributed by atoms with Gasteiger partial charge in [0.2, 0.25) is 0 Å². The number of esters is 2. The summed E-state index contributed by atoms with van der Waals surface area (Å²) in [5.41, 5.74) is 3.49. The topological polar surface area (TPSA) is 103 Å². The zero-order chi connectivity index (χ0) is 34.8. The maximum atomic E-state index is 14.7. The fraction of sp³-hybridized carbons (Fsp3) is 0.400. The SMILES string of the molecule is CCCCCCCCc1cnc(-c2ccc(N=Nc3ccc(C(=O)Oc4ccc(C(=O)O[C@@H](C)CCCCCC)cc4F)cc3)cc2)nc1. The van der Waals surface area contributed by atoms with Gasteiger partial charge in [0.25, 0.3) is 0 Å². The number of azo groups is 1. The second-order valence-electron chi connectivity index (χ2n) is 12.3. The van der Waals surface area contributed by atoms with E-state index in [9.17, 15) is 14.0 Å². The lowest BCUT2D eigenvalue weighted by atomic mass is 10.1. The Balaban J connectivity index is 1.25. The monoisotopic (exact) mass is 666 g/mol. The van der Waals surface area contributed by atoms with Gasteiger partial charge in [0.05, 0.1) is 28.6 Å². The maximum Gasteiger partial charge on any atom is 0.343 e. The van der Waals surface area contributed by atoms with Crippen LogP contribution in [0.5, 0.6) is 5.75 Å². The summed E-state index contributed by atoms with van der Waals surface area (Å²) in [6, 6.07) is 17.4. The van der Waals surface area contributed by atoms with Crippen LogP contribution < -0.4 is 4.74 Å². The number of nitrogens with zero attached hydrogens (tertiary/aromatic N) is 4. The third kappa shape index (κ3) is 12.3. The van der Waals surface area contributed by atoms with E-state index in [1.54, 1.807) is 12.1 Å². The third-order valence-electron chi connectivity index (χ3n) is 8.18. The number of rotatable bonds is 19. The number of hydrogen-bond acceptors (Lipinski definition) is 8. The van der Waals surface area contributed by atoms with Gasteiger partial charge in [-0.2, -0.15) is 10.2 Å². The van der Waals surface area contributed by atoms with Gasteiger partial charge in [-0.1, -0.05) is 65.2 Å². The van der Waals surface area contributed by atoms with Crippen molar-refractivity contribution in [3.8, 4) is 17.1 Å². The zero-order valence-corrected chi connectivity index (χ0v) is 28.9. The summed E-state index contributed by atoms with van der Waals surface area (Å²) in [7, 11) is 0. The number of benzene rings is 3. The molecule has 0 bridgehead atoms. The van der Waals surface area contributed by atoms with Gasteiger partial charge in [-0.3, -0.25) is 0 Å². The molecule has 0 fully saturated rings. The number of aryl methyl sites for hydroxylation is 1. The van der Waals surface area contributed by atoms with E-state index in [0.29, 0.717) is 17.2 Å². The first-order chi connectivity index (χ1) is 23.9. The van der Waals surface area contributed by atoms with Crippen LogP contribution in [0.3, 0.4) is 0 Å². The van der Waals surface area contributed by atoms with E-state index in [0.717, 1.165) is 62.1 Å². The Kier molecular flexibility index (Phi) is 15.0. The molecule has 3 aromatic carbocycles. The third-order valence-corrected chi connectivity index (χ3v) is 8.18. The van der Waals surface area contributed by atoms with Crippen LogP contribution in [0.1, 0.15) is 118 Å². The molecule has 4 rings (SSSR count). The highest BCUT2D eigenvalue weighted by molar-refractivity contribution is 5.92. The molecule has 0 N–H and O–H groups in total. The van der Waals surface area contributed by atoms with Gasteiger partial charge in [-0.25, -0.2) is 23.9 Å². The molecule has 1 atom stereocenters. The van der Waals surface area contributed by atoms with Crippen molar-refractivity contribution in [3.63, 3.8) is 0 Å². The molecule has 0 unspecified atom stereocenters. The quantitative estimate of drug-likeness (QED) is 0.0427. The van der Waals surface area contributed by atoms with Gasteiger partial charge in [-0.15, -0.1) is 0 Å². The number of carbonyl (C=O) groups excluding carboxylic acids is 2. The van der Waals surface area contributed by atoms with E-state index >= 15 is 0 Å². The largest absolute Gasteiger partial charge is 0.459 e. The van der Waals surface area contributed by atoms with Crippen molar-refractivity contribution >= 4 is 23.3 Å². The van der Waals surface area contributed by atoms with Gasteiger partial charge in [0.15, 0.2) is 17.4 Å². The van der Waals surface area contributed by atoms with E-state index in [1.165, 1.54) is 56.4 Å². The van der Waals surface area contributed by atoms with Gasteiger partial charge >= 0.3 is 11.9 Å². The van der Waals surface area contributed by atoms with Crippen LogP contribution in [0.15, 0.2) is 89.4 Å². The van der Waals surface area contributed by atoms with Crippen LogP contribution >= 0.6 is 0 Å². The number of hydrogen-bond donors (Lipinski definition) is 0. The van der Waals surface area contributed by atoms with Gasteiger partial charge in [0, 0.05) is 18.0 Å². The fourth-order valence-corrected chi connectivity index (χ4v) is 5.24. The van der Waals surface area contributed by atoms with Crippen LogP contribution in [0.2, 0.25) is 0 Å². The molecular formula is C40H47FN4O4. The highest BCUT2D eigenvalue weighted by Gasteiger charge is 2.17. The number of unbranched alkanes of at least 4 members (excludes halogenated alkanes) is 8. The first-order valence-electron chi connectivity index (χ1n) is 17.5. The molecule has 0 saturated heterocycles. The first kappa shape index (κ1) is 37.0. The number of carbonyl (C=O) groups is 2. The van der Waals surface area contributed by atoms with Crippen LogP contribution in [-0.4, -0.2) is 28.0 Å². The highest BCUT2D eigenvalue weighted by atomic mass is 19.1. The van der Waals surface area contributed by atoms with Crippen LogP contribution in [0.25, 0.3) is 11.4 Å². The Hall–Kier alpha value is -4.79. The van der Waals surface area contributed by atoms with Crippen molar-refractivity contribution in [2.24, 2.45) is 10.2 Å². The minimum absolute atomic E-state index is 0.0585. The summed E-state index contributed by atoms with van der Waals surface area (Å²) < 4.78 is 25.4. The molecule has 0 aliphatic rings. The second kappa shape index (κ2) is 19.9. The van der Waals surface area contributed by atoms with E-state index in [-0.39, 0.29) is 23.0 Å². The van der Waals surface area contributed by atoms with Crippen LogP contribution in [0.4, 0.5) is 15.8 Å². The first-order valence-corrected chi connectivity index (χ1v) is 17.5. The smallest absolute Gasteiger partial charge is 0.343 e. The Labute approximate surface area is 289 Å². The van der Waals surface area contributed by atoms with Crippen molar-refractivity contribution in [3.05, 3.63) is 102 Å². The Morgan fingerprint density at radius 2 is 1.29 bits per heavy atom. The predicted molar refractivity (Wildman–Crippen MR) is 190 cm³/mol. The molecule has 0 spiro atoms. The predicted octanol–water partition coefficient (Wildman–Crippen LogP) is 11.3. The molecule has 8 nitrogen and oxygen atoms in total. The van der Waals surface area contributed by atoms with Gasteiger partial charge < -0.3 is 9.47 Å². The molecule has 0 amide bonds. The van der Waals surface area contributed by atoms with Crippen molar-refractivity contribution < 1.29 is 23.5 Å². The normalized spacial score (nSPS) is 11.8. The average molecular weight is 667 g/mol. The lowest BCUT2D eigenvalue weighted by molar-refractivity contribution is 0.0319. The Morgan fingerprint density at radius 1 is 0.714 bits per heavy atom. The van der Waals surface area contributed by atoms with Crippen LogP contribution in [-0.2, 0) is 11.2 Å². The summed E-state index contributed by atoms with van der Waals surface area (Å²) in [5.74, 6) is -1.81. The van der Waals surface area contributed by atoms with Crippen LogP contribution in [0, 0.1) is 5.82 Å². The van der Waals surface area contributed by atoms with E-state index in [2.05, 4.69) is 34.0 Å². The van der Waals surface area contributed by atoms with Crippen molar-refractivity contribution in [1.29, 1.82) is 0 Å². The molecular weight excluding hydrogens is 619 g/mol. The molecule has 0 aliphatic carbocycles. The van der Waals surface area contributed by atoms with E-state index < -0.39 is 17.8 Å². The molecule has 49 heavy (non-hydrogen) atoms. The lowest BCUT2D eigenvalue weighted by Gasteiger charge is -2.13. The van der Waals surface area contributed by atoms with E-state index in [4.69, 9.17) is 9.47 Å². The Bertz CT molecular complexity index is 1640. The fourth-order valence-electron chi connectivity index (χ4n) is 5.24. The van der Waals surface area contributed by atoms with Crippen molar-refractivity contribution in [2.45, 2.75) is 104 Å². The summed E-state index contributed by atoms with van der Waals surface area (Å²) in [5, 5.41) is 8.53. The lowest BCUT2D eigenvalue weighted by Crippen LogP contribution is -2.15. The molecule has 1 aromatic heterocycles. The number of ether oxygens (including phenoxy) is 2. The summed E-state index contributed by atoms with van der Waals surface area (Å²) in [6.07, 6.45) is 17.2. The summed E-state index contributed by atoms with van der Waals surface area (Å²) in [4.78, 5) is 34.2. The summed E-state index contributed by atoms with van der Waals surface area (Å²) in [6.45, 7) is 6.19. The molecule has 0 aliphatic heterocycles. The summed E-state index contributed by atoms with van der Waals surface area (Å²) >= 11 is 0. The van der Waals surface area contributed by atoms with Gasteiger partial charge in [-0.05, 0) is 105 Å². The number of halogens is 1. The van der Waals surface area contributed by atoms with Crippen molar-refractivity contribution in [1.82, 2.24) is 9.97 Å². The molecule has 0 saturated carbocycles. The minimum Gasteiger partial charge on any atom is -0.459 e. The number of aromatic nitrogens is 2. The van der Waals surface area contributed by atoms with Crippen molar-refractivity contribution in [2.75, 3.05) is 0 Å². The standard InChI is InChI=1S/C40H47FN4O4/c1-4-6-8-10-11-13-15-30-27-42-38(43-28-30)31-16-21-34(22-17-31)44-45-35-23-18-32(19-24-35)39(46)49-37-25-20-33(26-36(37)41)40(47)48-29(3)14-12-9-7-5-2/h16-29H,4-15H2,1-3H3/t29-/m0/s1. The zero-order valence-electron chi connectivity index (χ0n) is 28.9. The second-order valence-corrected chi connectivity index (χ2v) is 12.3. The molecule has 0 radical (unpaired) electrons. The minimum atomic E-state index is -0.832. The Morgan fingerprint density at radius 3 is 1.92 bits per heavy atom. The van der Waals surface area contributed by atoms with Gasteiger partial charge in [0.1, 0.15) is 0 Å². The maximum absolute atomic E-state index is 14.7. The molecule has 1 heterocycles. The van der Waals surface area contributed by atoms with E-state index in [1.807, 2.05) is 43.6 Å².